The summed E-state index contributed by atoms with van der Waals surface area (Å²) in [6.45, 7) is 22.5. The molecule has 1 amide bonds. The van der Waals surface area contributed by atoms with Crippen molar-refractivity contribution in [2.75, 3.05) is 18.0 Å². The predicted octanol–water partition coefficient (Wildman–Crippen LogP) is 5.03. The summed E-state index contributed by atoms with van der Waals surface area (Å²) >= 11 is 0. The summed E-state index contributed by atoms with van der Waals surface area (Å²) in [6, 6.07) is 4.76. The third kappa shape index (κ3) is 4.43. The van der Waals surface area contributed by atoms with E-state index in [4.69, 9.17) is 14.1 Å². The summed E-state index contributed by atoms with van der Waals surface area (Å²) in [5, 5.41) is 0. The lowest BCUT2D eigenvalue weighted by molar-refractivity contribution is -0.0612. The van der Waals surface area contributed by atoms with Gasteiger partial charge in [0.05, 0.1) is 11.7 Å². The highest BCUT2D eigenvalue weighted by atomic mass is 28.2. The molecule has 1 saturated heterocycles. The summed E-state index contributed by atoms with van der Waals surface area (Å²) < 4.78 is 12.1. The molecule has 2 radical (unpaired) electrons. The third-order valence-corrected chi connectivity index (χ3v) is 8.17. The molecule has 1 fully saturated rings. The van der Waals surface area contributed by atoms with Gasteiger partial charge in [-0.3, -0.25) is 0 Å². The molecule has 0 saturated carbocycles. The number of aromatic nitrogens is 1. The van der Waals surface area contributed by atoms with E-state index in [0.29, 0.717) is 28.8 Å². The Bertz CT molecular complexity index is 851. The summed E-state index contributed by atoms with van der Waals surface area (Å²) in [5.41, 5.74) is 1.19. The first-order valence-electron chi connectivity index (χ1n) is 11.8. The number of rotatable bonds is 5. The number of carbonyl (C=O) groups is 1. The normalized spacial score (nSPS) is 23.1. The second-order valence-corrected chi connectivity index (χ2v) is 12.0. The summed E-state index contributed by atoms with van der Waals surface area (Å²) in [6.07, 6.45) is 0.671. The fourth-order valence-electron chi connectivity index (χ4n) is 4.85. The quantitative estimate of drug-likeness (QED) is 0.578. The zero-order valence-corrected chi connectivity index (χ0v) is 22.6. The van der Waals surface area contributed by atoms with E-state index in [0.717, 1.165) is 17.9 Å². The van der Waals surface area contributed by atoms with Crippen LogP contribution in [-0.2, 0) is 21.2 Å². The van der Waals surface area contributed by atoms with Crippen molar-refractivity contribution in [3.8, 4) is 0 Å². The van der Waals surface area contributed by atoms with Crippen LogP contribution in [0.3, 0.4) is 0 Å². The van der Waals surface area contributed by atoms with Crippen LogP contribution in [0.1, 0.15) is 73.6 Å². The lowest BCUT2D eigenvalue weighted by Crippen LogP contribution is -2.58. The number of hydrogen-bond donors (Lipinski definition) is 0. The topological polar surface area (TPSA) is 54.9 Å². The largest absolute Gasteiger partial charge is 0.444 e. The number of amides is 1. The lowest BCUT2D eigenvalue weighted by atomic mass is 9.67. The Hall–Kier alpha value is -1.60. The Morgan fingerprint density at radius 2 is 1.81 bits per heavy atom. The van der Waals surface area contributed by atoms with Gasteiger partial charge in [0.15, 0.2) is 0 Å². The zero-order chi connectivity index (χ0) is 24.1. The second-order valence-electron chi connectivity index (χ2n) is 11.4. The van der Waals surface area contributed by atoms with Crippen molar-refractivity contribution in [1.82, 2.24) is 9.88 Å². The second kappa shape index (κ2) is 8.63. The number of ether oxygens (including phenoxy) is 1. The molecular weight excluding hydrogens is 418 g/mol. The molecule has 0 aromatic carbocycles. The van der Waals surface area contributed by atoms with Gasteiger partial charge < -0.3 is 19.0 Å². The molecule has 3 atom stereocenters. The van der Waals surface area contributed by atoms with Gasteiger partial charge in [0.1, 0.15) is 17.0 Å². The van der Waals surface area contributed by atoms with Crippen LogP contribution in [-0.4, -0.2) is 56.5 Å². The molecule has 2 aliphatic heterocycles. The minimum atomic E-state index is -0.486. The van der Waals surface area contributed by atoms with Crippen LogP contribution in [0.5, 0.6) is 0 Å². The van der Waals surface area contributed by atoms with Gasteiger partial charge in [0.25, 0.3) is 0 Å². The molecule has 7 heteroatoms. The average Bonchev–Trinajstić information content (AvgIpc) is 3.04. The van der Waals surface area contributed by atoms with E-state index in [1.54, 1.807) is 0 Å². The van der Waals surface area contributed by atoms with Crippen LogP contribution in [0.4, 0.5) is 10.6 Å². The average molecular weight is 460 g/mol. The van der Waals surface area contributed by atoms with Gasteiger partial charge in [0, 0.05) is 24.5 Å². The van der Waals surface area contributed by atoms with Crippen molar-refractivity contribution in [2.24, 2.45) is 11.3 Å². The minimum Gasteiger partial charge on any atom is -0.444 e. The number of hydrogen-bond acceptors (Lipinski definition) is 5. The highest BCUT2D eigenvalue weighted by Gasteiger charge is 2.48. The van der Waals surface area contributed by atoms with Gasteiger partial charge in [-0.1, -0.05) is 33.8 Å². The molecule has 2 aliphatic rings. The third-order valence-electron chi connectivity index (χ3n) is 7.56. The van der Waals surface area contributed by atoms with E-state index < -0.39 is 11.2 Å². The summed E-state index contributed by atoms with van der Waals surface area (Å²) in [7, 11) is 0.384. The number of nitrogens with zero attached hydrogens (tertiary/aromatic N) is 3. The van der Waals surface area contributed by atoms with Crippen LogP contribution in [0, 0.1) is 11.3 Å². The predicted molar refractivity (Wildman–Crippen MR) is 130 cm³/mol. The Morgan fingerprint density at radius 3 is 2.38 bits per heavy atom. The van der Waals surface area contributed by atoms with Crippen molar-refractivity contribution >= 4 is 21.7 Å². The van der Waals surface area contributed by atoms with E-state index >= 15 is 0 Å². The van der Waals surface area contributed by atoms with Gasteiger partial charge in [-0.25, -0.2) is 9.78 Å². The fraction of sp³-hybridized carbons (Fsp3) is 0.760. The van der Waals surface area contributed by atoms with Crippen molar-refractivity contribution in [3.63, 3.8) is 0 Å². The Labute approximate surface area is 197 Å². The first-order valence-corrected chi connectivity index (χ1v) is 13.2. The first kappa shape index (κ1) is 25.0. The Balaban J connectivity index is 1.91. The van der Waals surface area contributed by atoms with Gasteiger partial charge in [-0.15, -0.1) is 0 Å². The minimum absolute atomic E-state index is 0.0870. The standard InChI is InChI=1S/C25H41N3O3Si/c1-16(2)24(7,8)25(9,31-32-10)20-12-11-18-13-19-15-27(22(29)30-23(4,5)6)14-17(3)28(19)21(18)26-20/h11-12,16-17,19H,13-15H2,1-10H3/t17-,19-,25?/m1/s1. The van der Waals surface area contributed by atoms with Gasteiger partial charge in [-0.05, 0) is 65.1 Å². The molecular formula is C25H41N3O3Si. The molecule has 1 aromatic heterocycles. The number of anilines is 1. The molecule has 6 nitrogen and oxygen atoms in total. The smallest absolute Gasteiger partial charge is 0.410 e. The van der Waals surface area contributed by atoms with Gasteiger partial charge in [-0.2, -0.15) is 0 Å². The van der Waals surface area contributed by atoms with Crippen molar-refractivity contribution < 1.29 is 14.0 Å². The van der Waals surface area contributed by atoms with Crippen LogP contribution in [0.15, 0.2) is 12.1 Å². The maximum Gasteiger partial charge on any atom is 0.410 e. The van der Waals surface area contributed by atoms with Gasteiger partial charge in [0.2, 0.25) is 9.76 Å². The monoisotopic (exact) mass is 459 g/mol. The van der Waals surface area contributed by atoms with Crippen molar-refractivity contribution in [3.05, 3.63) is 23.4 Å². The maximum absolute atomic E-state index is 12.7. The van der Waals surface area contributed by atoms with Gasteiger partial charge >= 0.3 is 6.09 Å². The number of piperazine rings is 1. The van der Waals surface area contributed by atoms with Crippen LogP contribution in [0.25, 0.3) is 0 Å². The number of carbonyl (C=O) groups excluding carboxylic acids is 1. The van der Waals surface area contributed by atoms with Crippen molar-refractivity contribution in [2.45, 2.75) is 98.6 Å². The van der Waals surface area contributed by atoms with E-state index in [1.807, 2.05) is 25.7 Å². The lowest BCUT2D eigenvalue weighted by Gasteiger charge is -2.47. The van der Waals surface area contributed by atoms with E-state index in [2.05, 4.69) is 65.1 Å². The Kier molecular flexibility index (Phi) is 6.75. The van der Waals surface area contributed by atoms with E-state index in [1.165, 1.54) is 5.56 Å². The molecule has 0 aliphatic carbocycles. The first-order chi connectivity index (χ1) is 14.7. The zero-order valence-electron chi connectivity index (χ0n) is 21.6. The number of fused-ring (bicyclic) bond motifs is 3. The SMILES string of the molecule is C[Si]OC(C)(c1ccc2c(n1)N1[C@H](C2)CN(C(=O)OC(C)(C)C)C[C@H]1C)C(C)(C)C(C)C. The highest BCUT2D eigenvalue weighted by molar-refractivity contribution is 6.25. The van der Waals surface area contributed by atoms with E-state index in [9.17, 15) is 4.79 Å². The molecule has 0 spiro atoms. The van der Waals surface area contributed by atoms with Crippen LogP contribution in [0.2, 0.25) is 6.55 Å². The molecule has 178 valence electrons. The molecule has 1 unspecified atom stereocenters. The maximum atomic E-state index is 12.7. The molecule has 0 bridgehead atoms. The highest BCUT2D eigenvalue weighted by Crippen LogP contribution is 2.48. The van der Waals surface area contributed by atoms with Crippen molar-refractivity contribution in [1.29, 1.82) is 0 Å². The molecule has 0 N–H and O–H groups in total. The molecule has 1 aromatic rings. The number of pyridine rings is 1. The van der Waals surface area contributed by atoms with Crippen LogP contribution < -0.4 is 4.90 Å². The van der Waals surface area contributed by atoms with E-state index in [-0.39, 0.29) is 23.6 Å². The molecule has 3 rings (SSSR count). The molecule has 32 heavy (non-hydrogen) atoms. The van der Waals surface area contributed by atoms with Crippen LogP contribution >= 0.6 is 0 Å². The molecule has 3 heterocycles. The summed E-state index contributed by atoms with van der Waals surface area (Å²) in [4.78, 5) is 22.2. The fourth-order valence-corrected chi connectivity index (χ4v) is 5.63. The Morgan fingerprint density at radius 1 is 1.16 bits per heavy atom. The summed E-state index contributed by atoms with van der Waals surface area (Å²) in [5.74, 6) is 1.49.